The van der Waals surface area contributed by atoms with E-state index in [-0.39, 0.29) is 12.1 Å². The normalized spacial score (nSPS) is 23.6. The topological polar surface area (TPSA) is 66.6 Å². The van der Waals surface area contributed by atoms with E-state index in [4.69, 9.17) is 5.73 Å². The van der Waals surface area contributed by atoms with Gasteiger partial charge in [0, 0.05) is 19.1 Å². The van der Waals surface area contributed by atoms with Crippen LogP contribution >= 0.6 is 0 Å². The highest BCUT2D eigenvalue weighted by molar-refractivity contribution is 6.34. The Hall–Kier alpha value is -1.88. The molecule has 1 aromatic carbocycles. The van der Waals surface area contributed by atoms with Gasteiger partial charge in [0.1, 0.15) is 0 Å². The number of rotatable bonds is 2. The van der Waals surface area contributed by atoms with Gasteiger partial charge < -0.3 is 10.6 Å². The lowest BCUT2D eigenvalue weighted by Crippen LogP contribution is -2.57. The molecule has 2 atom stereocenters. The third kappa shape index (κ3) is 2.82. The molecule has 20 heavy (non-hydrogen) atoms. The molecule has 1 aliphatic heterocycles. The zero-order valence-electron chi connectivity index (χ0n) is 12.0. The van der Waals surface area contributed by atoms with Crippen LogP contribution in [0.3, 0.4) is 0 Å². The zero-order valence-corrected chi connectivity index (χ0v) is 12.0. The highest BCUT2D eigenvalue weighted by Crippen LogP contribution is 2.27. The van der Waals surface area contributed by atoms with Crippen LogP contribution in [0.4, 0.5) is 0 Å². The number of likely N-dealkylation sites (N-methyl/N-ethyl adjacent to an activating group) is 1. The minimum Gasteiger partial charge on any atom is -0.361 e. The molecule has 0 spiro atoms. The summed E-state index contributed by atoms with van der Waals surface area (Å²) in [5, 5.41) is 0. The molecule has 1 aromatic rings. The number of amides is 2. The molecule has 0 bridgehead atoms. The van der Waals surface area contributed by atoms with E-state index in [1.165, 1.54) is 0 Å². The largest absolute Gasteiger partial charge is 0.361 e. The number of hydrogen-bond acceptors (Lipinski definition) is 3. The number of nitrogens with two attached hydrogens (primary N) is 1. The van der Waals surface area contributed by atoms with Crippen LogP contribution in [0.25, 0.3) is 0 Å². The molecule has 1 aliphatic rings. The van der Waals surface area contributed by atoms with Crippen molar-refractivity contribution in [2.45, 2.75) is 25.9 Å². The average molecular weight is 275 g/mol. The summed E-state index contributed by atoms with van der Waals surface area (Å²) in [6.07, 6.45) is 0. The van der Waals surface area contributed by atoms with Gasteiger partial charge >= 0.3 is 11.8 Å². The van der Waals surface area contributed by atoms with Gasteiger partial charge in [-0.15, -0.1) is 0 Å². The van der Waals surface area contributed by atoms with E-state index in [2.05, 4.69) is 18.7 Å². The Morgan fingerprint density at radius 2 is 1.90 bits per heavy atom. The molecule has 0 aliphatic carbocycles. The molecule has 0 radical (unpaired) electrons. The number of nitrogens with zero attached hydrogens (tertiary/aromatic N) is 2. The first-order valence-corrected chi connectivity index (χ1v) is 6.94. The second-order valence-corrected chi connectivity index (χ2v) is 5.18. The first kappa shape index (κ1) is 14.5. The fourth-order valence-electron chi connectivity index (χ4n) is 2.80. The van der Waals surface area contributed by atoms with Gasteiger partial charge in [0.15, 0.2) is 0 Å². The van der Waals surface area contributed by atoms with Crippen molar-refractivity contribution in [3.8, 4) is 0 Å². The molecule has 2 rings (SSSR count). The van der Waals surface area contributed by atoms with Crippen LogP contribution in [0.2, 0.25) is 0 Å². The van der Waals surface area contributed by atoms with E-state index in [1.807, 2.05) is 30.3 Å². The van der Waals surface area contributed by atoms with Crippen LogP contribution in [-0.2, 0) is 9.59 Å². The van der Waals surface area contributed by atoms with Crippen molar-refractivity contribution in [1.29, 1.82) is 0 Å². The lowest BCUT2D eigenvalue weighted by Gasteiger charge is -2.44. The molecule has 1 fully saturated rings. The number of piperazine rings is 1. The highest BCUT2D eigenvalue weighted by Gasteiger charge is 2.36. The maximum Gasteiger partial charge on any atom is 0.312 e. The van der Waals surface area contributed by atoms with Crippen LogP contribution in [0.15, 0.2) is 30.3 Å². The molecule has 2 N–H and O–H groups in total. The fraction of sp³-hybridized carbons (Fsp3) is 0.467. The van der Waals surface area contributed by atoms with E-state index < -0.39 is 11.8 Å². The Balaban J connectivity index is 2.31. The second kappa shape index (κ2) is 6.05. The second-order valence-electron chi connectivity index (χ2n) is 5.18. The summed E-state index contributed by atoms with van der Waals surface area (Å²) < 4.78 is 0. The third-order valence-corrected chi connectivity index (χ3v) is 3.93. The molecular formula is C15H21N3O2. The predicted octanol–water partition coefficient (Wildman–Crippen LogP) is 0.766. The minimum atomic E-state index is -0.886. The van der Waals surface area contributed by atoms with E-state index >= 15 is 0 Å². The number of hydrogen-bond donors (Lipinski definition) is 1. The predicted molar refractivity (Wildman–Crippen MR) is 76.8 cm³/mol. The zero-order chi connectivity index (χ0) is 14.7. The lowest BCUT2D eigenvalue weighted by molar-refractivity contribution is -0.148. The standard InChI is InChI=1S/C15H21N3O2/c1-3-17-10-13(12-7-5-4-6-8-12)18(9-11(17)2)15(20)14(16)19/h4-8,11,13H,3,9-10H2,1-2H3,(H2,16,19)/t11-,13-/m1/s1. The number of carbonyl (C=O) groups is 2. The van der Waals surface area contributed by atoms with Crippen molar-refractivity contribution in [3.05, 3.63) is 35.9 Å². The Labute approximate surface area is 119 Å². The molecule has 0 aromatic heterocycles. The van der Waals surface area contributed by atoms with Gasteiger partial charge in [-0.05, 0) is 19.0 Å². The SMILES string of the molecule is CCN1C[C@H](c2ccccc2)N(C(=O)C(N)=O)C[C@H]1C. The monoisotopic (exact) mass is 275 g/mol. The van der Waals surface area contributed by atoms with Crippen molar-refractivity contribution in [3.63, 3.8) is 0 Å². The van der Waals surface area contributed by atoms with Crippen LogP contribution in [-0.4, -0.2) is 47.3 Å². The van der Waals surface area contributed by atoms with Crippen molar-refractivity contribution in [1.82, 2.24) is 9.80 Å². The summed E-state index contributed by atoms with van der Waals surface area (Å²) in [7, 11) is 0. The van der Waals surface area contributed by atoms with Crippen molar-refractivity contribution >= 4 is 11.8 Å². The third-order valence-electron chi connectivity index (χ3n) is 3.93. The van der Waals surface area contributed by atoms with Gasteiger partial charge in [-0.3, -0.25) is 14.5 Å². The van der Waals surface area contributed by atoms with Crippen LogP contribution in [0.5, 0.6) is 0 Å². The van der Waals surface area contributed by atoms with E-state index in [0.717, 1.165) is 18.7 Å². The molecule has 1 saturated heterocycles. The van der Waals surface area contributed by atoms with E-state index in [0.29, 0.717) is 6.54 Å². The van der Waals surface area contributed by atoms with Gasteiger partial charge in [-0.1, -0.05) is 37.3 Å². The maximum absolute atomic E-state index is 12.1. The molecule has 5 heteroatoms. The Kier molecular flexibility index (Phi) is 4.39. The Morgan fingerprint density at radius 1 is 1.25 bits per heavy atom. The summed E-state index contributed by atoms with van der Waals surface area (Å²) in [5.41, 5.74) is 6.21. The van der Waals surface area contributed by atoms with E-state index in [1.54, 1.807) is 4.90 Å². The minimum absolute atomic E-state index is 0.118. The van der Waals surface area contributed by atoms with Gasteiger partial charge in [0.2, 0.25) is 0 Å². The first-order chi connectivity index (χ1) is 9.54. The van der Waals surface area contributed by atoms with Crippen LogP contribution in [0.1, 0.15) is 25.5 Å². The summed E-state index contributed by atoms with van der Waals surface area (Å²) in [5.74, 6) is -1.48. The highest BCUT2D eigenvalue weighted by atomic mass is 16.2. The van der Waals surface area contributed by atoms with Crippen molar-refractivity contribution in [2.75, 3.05) is 19.6 Å². The Bertz CT molecular complexity index is 489. The Morgan fingerprint density at radius 3 is 2.45 bits per heavy atom. The fourth-order valence-corrected chi connectivity index (χ4v) is 2.80. The first-order valence-electron chi connectivity index (χ1n) is 6.94. The summed E-state index contributed by atoms with van der Waals surface area (Å²) in [4.78, 5) is 27.2. The number of carbonyl (C=O) groups excluding carboxylic acids is 2. The molecule has 108 valence electrons. The number of primary amides is 1. The van der Waals surface area contributed by atoms with Crippen LogP contribution < -0.4 is 5.73 Å². The van der Waals surface area contributed by atoms with E-state index in [9.17, 15) is 9.59 Å². The molecule has 5 nitrogen and oxygen atoms in total. The smallest absolute Gasteiger partial charge is 0.312 e. The molecular weight excluding hydrogens is 254 g/mol. The molecule has 0 unspecified atom stereocenters. The van der Waals surface area contributed by atoms with Gasteiger partial charge in [0.05, 0.1) is 6.04 Å². The van der Waals surface area contributed by atoms with Gasteiger partial charge in [0.25, 0.3) is 0 Å². The summed E-state index contributed by atoms with van der Waals surface area (Å²) >= 11 is 0. The lowest BCUT2D eigenvalue weighted by atomic mass is 9.99. The summed E-state index contributed by atoms with van der Waals surface area (Å²) in [6, 6.07) is 9.89. The van der Waals surface area contributed by atoms with Crippen molar-refractivity contribution in [2.24, 2.45) is 5.73 Å². The molecule has 2 amide bonds. The molecule has 0 saturated carbocycles. The summed E-state index contributed by atoms with van der Waals surface area (Å²) in [6.45, 7) is 6.33. The van der Waals surface area contributed by atoms with Gasteiger partial charge in [-0.2, -0.15) is 0 Å². The van der Waals surface area contributed by atoms with Crippen LogP contribution in [0, 0.1) is 0 Å². The average Bonchev–Trinajstić information content (AvgIpc) is 2.47. The quantitative estimate of drug-likeness (QED) is 0.811. The maximum atomic E-state index is 12.1. The molecule has 1 heterocycles. The van der Waals surface area contributed by atoms with Crippen molar-refractivity contribution < 1.29 is 9.59 Å². The number of benzene rings is 1. The van der Waals surface area contributed by atoms with Gasteiger partial charge in [-0.25, -0.2) is 0 Å².